The van der Waals surface area contributed by atoms with Gasteiger partial charge in [0.2, 0.25) is 0 Å². The summed E-state index contributed by atoms with van der Waals surface area (Å²) in [5, 5.41) is 0.0575. The maximum atomic E-state index is 11.2. The standard InChI is InChI=1S/C8H5BrCl2O4S/c1-15-8(12)4-2-5(10)7(9)6(3-4)16(11,13)14/h2-3H,1H3. The summed E-state index contributed by atoms with van der Waals surface area (Å²) in [6.45, 7) is 0. The normalized spacial score (nSPS) is 11.2. The molecule has 0 fully saturated rings. The van der Waals surface area contributed by atoms with E-state index in [1.807, 2.05) is 0 Å². The number of esters is 1. The first-order valence-electron chi connectivity index (χ1n) is 3.79. The Labute approximate surface area is 110 Å². The number of halogens is 3. The van der Waals surface area contributed by atoms with Crippen LogP contribution in [-0.2, 0) is 13.8 Å². The van der Waals surface area contributed by atoms with Gasteiger partial charge in [0.25, 0.3) is 9.05 Å². The first-order valence-corrected chi connectivity index (χ1v) is 7.27. The Hall–Kier alpha value is -0.300. The van der Waals surface area contributed by atoms with Crippen LogP contribution in [0.5, 0.6) is 0 Å². The zero-order valence-corrected chi connectivity index (χ0v) is 11.7. The first kappa shape index (κ1) is 13.8. The lowest BCUT2D eigenvalue weighted by atomic mass is 10.2. The van der Waals surface area contributed by atoms with Gasteiger partial charge < -0.3 is 4.74 Å². The lowest BCUT2D eigenvalue weighted by molar-refractivity contribution is 0.0600. The molecule has 16 heavy (non-hydrogen) atoms. The van der Waals surface area contributed by atoms with Gasteiger partial charge in [-0.2, -0.15) is 0 Å². The third kappa shape index (κ3) is 2.88. The highest BCUT2D eigenvalue weighted by Crippen LogP contribution is 2.33. The number of carbonyl (C=O) groups is 1. The quantitative estimate of drug-likeness (QED) is 0.609. The lowest BCUT2D eigenvalue weighted by Gasteiger charge is -2.06. The van der Waals surface area contributed by atoms with E-state index in [0.717, 1.165) is 6.07 Å². The van der Waals surface area contributed by atoms with Crippen molar-refractivity contribution in [2.75, 3.05) is 7.11 Å². The molecular weight excluding hydrogens is 343 g/mol. The molecule has 0 amide bonds. The smallest absolute Gasteiger partial charge is 0.337 e. The zero-order chi connectivity index (χ0) is 12.5. The maximum Gasteiger partial charge on any atom is 0.337 e. The van der Waals surface area contributed by atoms with Crippen molar-refractivity contribution in [1.29, 1.82) is 0 Å². The molecule has 1 rings (SSSR count). The molecule has 0 heterocycles. The van der Waals surface area contributed by atoms with Gasteiger partial charge in [0.05, 0.1) is 27.1 Å². The van der Waals surface area contributed by atoms with Crippen molar-refractivity contribution in [3.05, 3.63) is 27.2 Å². The highest BCUT2D eigenvalue weighted by Gasteiger charge is 2.20. The Morgan fingerprint density at radius 2 is 2.00 bits per heavy atom. The molecule has 0 aromatic heterocycles. The van der Waals surface area contributed by atoms with Gasteiger partial charge in [-0.25, -0.2) is 13.2 Å². The number of benzene rings is 1. The van der Waals surface area contributed by atoms with Crippen LogP contribution in [0, 0.1) is 0 Å². The summed E-state index contributed by atoms with van der Waals surface area (Å²) in [6.07, 6.45) is 0. The topological polar surface area (TPSA) is 60.4 Å². The van der Waals surface area contributed by atoms with Gasteiger partial charge in [-0.15, -0.1) is 0 Å². The Kier molecular flexibility index (Phi) is 4.23. The highest BCUT2D eigenvalue weighted by molar-refractivity contribution is 9.10. The van der Waals surface area contributed by atoms with Crippen LogP contribution in [0.1, 0.15) is 10.4 Å². The summed E-state index contributed by atoms with van der Waals surface area (Å²) in [5.74, 6) is -0.698. The minimum Gasteiger partial charge on any atom is -0.465 e. The van der Waals surface area contributed by atoms with Crippen LogP contribution in [0.3, 0.4) is 0 Å². The average molecular weight is 348 g/mol. The van der Waals surface area contributed by atoms with Crippen molar-refractivity contribution in [2.45, 2.75) is 4.90 Å². The fourth-order valence-electron chi connectivity index (χ4n) is 0.977. The summed E-state index contributed by atoms with van der Waals surface area (Å²) in [4.78, 5) is 10.9. The molecular formula is C8H5BrCl2O4S. The molecule has 0 saturated heterocycles. The Bertz CT molecular complexity index is 541. The summed E-state index contributed by atoms with van der Waals surface area (Å²) < 4.78 is 26.9. The maximum absolute atomic E-state index is 11.2. The number of ether oxygens (including phenoxy) is 1. The minimum absolute atomic E-state index is 0.00919. The van der Waals surface area contributed by atoms with E-state index in [0.29, 0.717) is 0 Å². The molecule has 0 aliphatic heterocycles. The van der Waals surface area contributed by atoms with Crippen LogP contribution < -0.4 is 0 Å². The number of hydrogen-bond donors (Lipinski definition) is 0. The average Bonchev–Trinajstić information content (AvgIpc) is 2.18. The molecule has 0 N–H and O–H groups in total. The van der Waals surface area contributed by atoms with E-state index in [9.17, 15) is 13.2 Å². The number of methoxy groups -OCH3 is 1. The van der Waals surface area contributed by atoms with Crippen molar-refractivity contribution >= 4 is 53.2 Å². The van der Waals surface area contributed by atoms with Crippen LogP contribution in [0.25, 0.3) is 0 Å². The second-order valence-electron chi connectivity index (χ2n) is 2.70. The zero-order valence-electron chi connectivity index (χ0n) is 7.83. The van der Waals surface area contributed by atoms with E-state index in [1.165, 1.54) is 13.2 Å². The van der Waals surface area contributed by atoms with Crippen LogP contribution in [0.4, 0.5) is 0 Å². The molecule has 0 atom stereocenters. The van der Waals surface area contributed by atoms with E-state index >= 15 is 0 Å². The number of hydrogen-bond acceptors (Lipinski definition) is 4. The Balaban J connectivity index is 3.52. The van der Waals surface area contributed by atoms with Crippen LogP contribution in [0.15, 0.2) is 21.5 Å². The van der Waals surface area contributed by atoms with E-state index in [4.69, 9.17) is 22.3 Å². The van der Waals surface area contributed by atoms with Crippen molar-refractivity contribution in [2.24, 2.45) is 0 Å². The molecule has 1 aromatic rings. The van der Waals surface area contributed by atoms with Gasteiger partial charge in [0.15, 0.2) is 0 Å². The van der Waals surface area contributed by atoms with E-state index in [1.54, 1.807) is 0 Å². The Morgan fingerprint density at radius 3 is 2.44 bits per heavy atom. The molecule has 0 aliphatic rings. The predicted molar refractivity (Wildman–Crippen MR) is 63.5 cm³/mol. The first-order chi connectivity index (χ1) is 7.27. The van der Waals surface area contributed by atoms with E-state index < -0.39 is 15.0 Å². The predicted octanol–water partition coefficient (Wildman–Crippen LogP) is 2.82. The van der Waals surface area contributed by atoms with Crippen LogP contribution >= 0.6 is 38.2 Å². The third-order valence-electron chi connectivity index (χ3n) is 1.68. The molecule has 0 aliphatic carbocycles. The van der Waals surface area contributed by atoms with Crippen LogP contribution in [0.2, 0.25) is 5.02 Å². The van der Waals surface area contributed by atoms with Crippen molar-refractivity contribution in [1.82, 2.24) is 0 Å². The van der Waals surface area contributed by atoms with Gasteiger partial charge in [0.1, 0.15) is 0 Å². The van der Waals surface area contributed by atoms with Gasteiger partial charge in [-0.1, -0.05) is 11.6 Å². The number of carbonyl (C=O) groups excluding carboxylic acids is 1. The van der Waals surface area contributed by atoms with E-state index in [-0.39, 0.29) is 20.0 Å². The molecule has 4 nitrogen and oxygen atoms in total. The Morgan fingerprint density at radius 1 is 1.44 bits per heavy atom. The molecule has 0 saturated carbocycles. The molecule has 0 radical (unpaired) electrons. The summed E-state index contributed by atoms with van der Waals surface area (Å²) in [5.41, 5.74) is 0.00919. The summed E-state index contributed by atoms with van der Waals surface area (Å²) in [6, 6.07) is 2.37. The molecule has 0 spiro atoms. The monoisotopic (exact) mass is 346 g/mol. The molecule has 0 bridgehead atoms. The van der Waals surface area contributed by atoms with Crippen LogP contribution in [-0.4, -0.2) is 21.5 Å². The highest BCUT2D eigenvalue weighted by atomic mass is 79.9. The van der Waals surface area contributed by atoms with Crippen molar-refractivity contribution in [3.63, 3.8) is 0 Å². The van der Waals surface area contributed by atoms with Gasteiger partial charge in [0, 0.05) is 10.7 Å². The van der Waals surface area contributed by atoms with Gasteiger partial charge >= 0.3 is 5.97 Å². The molecule has 88 valence electrons. The lowest BCUT2D eigenvalue weighted by Crippen LogP contribution is -2.04. The third-order valence-corrected chi connectivity index (χ3v) is 4.67. The minimum atomic E-state index is -3.99. The van der Waals surface area contributed by atoms with E-state index in [2.05, 4.69) is 20.7 Å². The van der Waals surface area contributed by atoms with Crippen molar-refractivity contribution < 1.29 is 17.9 Å². The summed E-state index contributed by atoms with van der Waals surface area (Å²) in [7, 11) is 2.37. The second-order valence-corrected chi connectivity index (χ2v) is 6.43. The summed E-state index contributed by atoms with van der Waals surface area (Å²) >= 11 is 8.72. The number of rotatable bonds is 2. The van der Waals surface area contributed by atoms with Gasteiger partial charge in [-0.05, 0) is 28.1 Å². The van der Waals surface area contributed by atoms with Crippen molar-refractivity contribution in [3.8, 4) is 0 Å². The second kappa shape index (κ2) is 4.91. The fraction of sp³-hybridized carbons (Fsp3) is 0.125. The molecule has 1 aromatic carbocycles. The largest absolute Gasteiger partial charge is 0.465 e. The van der Waals surface area contributed by atoms with Gasteiger partial charge in [-0.3, -0.25) is 0 Å². The molecule has 0 unspecified atom stereocenters. The molecule has 8 heteroatoms. The fourth-order valence-corrected chi connectivity index (χ4v) is 3.36. The SMILES string of the molecule is COC(=O)c1cc(Cl)c(Br)c(S(=O)(=O)Cl)c1.